The third-order valence-electron chi connectivity index (χ3n) is 2.33. The van der Waals surface area contributed by atoms with Crippen molar-refractivity contribution in [2.24, 2.45) is 0 Å². The first kappa shape index (κ1) is 13.9. The molecule has 18 heavy (non-hydrogen) atoms. The van der Waals surface area contributed by atoms with E-state index >= 15 is 0 Å². The minimum Gasteiger partial charge on any atom is -0.391 e. The van der Waals surface area contributed by atoms with Crippen molar-refractivity contribution in [3.05, 3.63) is 27.9 Å². The smallest absolute Gasteiger partial charge is 0.289 e. The Morgan fingerprint density at radius 2 is 2.44 bits per heavy atom. The van der Waals surface area contributed by atoms with Gasteiger partial charge in [-0.25, -0.2) is 4.98 Å². The van der Waals surface area contributed by atoms with Gasteiger partial charge in [0, 0.05) is 12.6 Å². The number of nitrogens with one attached hydrogen (secondary N) is 1. The minimum atomic E-state index is -0.608. The summed E-state index contributed by atoms with van der Waals surface area (Å²) < 4.78 is 0. The van der Waals surface area contributed by atoms with E-state index in [0.29, 0.717) is 6.42 Å². The lowest BCUT2D eigenvalue weighted by Gasteiger charge is -2.11. The van der Waals surface area contributed by atoms with Crippen molar-refractivity contribution in [2.45, 2.75) is 25.9 Å². The molecule has 1 unspecified atom stereocenters. The normalized spacial score (nSPS) is 11.6. The zero-order valence-corrected chi connectivity index (χ0v) is 9.96. The van der Waals surface area contributed by atoms with E-state index in [2.05, 4.69) is 10.3 Å². The highest BCUT2D eigenvalue weighted by Gasteiger charge is 2.12. The van der Waals surface area contributed by atoms with Gasteiger partial charge in [0.2, 0.25) is 0 Å². The molecule has 0 aliphatic carbocycles. The number of anilines is 1. The lowest BCUT2D eigenvalue weighted by Crippen LogP contribution is -2.20. The van der Waals surface area contributed by atoms with Crippen molar-refractivity contribution in [2.75, 3.05) is 11.9 Å². The molecule has 0 bridgehead atoms. The van der Waals surface area contributed by atoms with Gasteiger partial charge in [-0.05, 0) is 6.42 Å². The summed E-state index contributed by atoms with van der Waals surface area (Å²) in [5, 5.41) is 31.7. The fourth-order valence-corrected chi connectivity index (χ4v) is 1.43. The molecule has 0 saturated heterocycles. The first-order valence-electron chi connectivity index (χ1n) is 5.55. The second kappa shape index (κ2) is 6.51. The van der Waals surface area contributed by atoms with Crippen LogP contribution >= 0.6 is 0 Å². The molecule has 1 rings (SSSR count). The van der Waals surface area contributed by atoms with E-state index in [1.54, 1.807) is 0 Å². The van der Waals surface area contributed by atoms with Crippen LogP contribution in [0.4, 0.5) is 11.5 Å². The number of aromatic nitrogens is 1. The average molecular weight is 250 g/mol. The van der Waals surface area contributed by atoms with Crippen molar-refractivity contribution < 1.29 is 10.0 Å². The van der Waals surface area contributed by atoms with Crippen molar-refractivity contribution >= 4 is 11.5 Å². The standard InChI is InChI=1S/C11H14N4O3/c1-2-3-10(16)7-14-11-8(5-12)4-9(6-13-11)15(17)18/h4,6,10,16H,2-3,7H2,1H3,(H,13,14). The molecule has 2 N–H and O–H groups in total. The number of nitriles is 1. The van der Waals surface area contributed by atoms with Crippen molar-refractivity contribution in [3.63, 3.8) is 0 Å². The molecule has 0 radical (unpaired) electrons. The SMILES string of the molecule is CCCC(O)CNc1ncc([N+](=O)[O-])cc1C#N. The van der Waals surface area contributed by atoms with E-state index in [-0.39, 0.29) is 23.6 Å². The monoisotopic (exact) mass is 250 g/mol. The van der Waals surface area contributed by atoms with Crippen molar-refractivity contribution in [3.8, 4) is 6.07 Å². The molecule has 0 saturated carbocycles. The molecular weight excluding hydrogens is 236 g/mol. The number of hydrogen-bond acceptors (Lipinski definition) is 6. The summed E-state index contributed by atoms with van der Waals surface area (Å²) in [6.07, 6.45) is 2.04. The van der Waals surface area contributed by atoms with Crippen LogP contribution in [0, 0.1) is 21.4 Å². The van der Waals surface area contributed by atoms with Crippen LogP contribution in [0.3, 0.4) is 0 Å². The molecule has 0 fully saturated rings. The molecule has 1 aromatic heterocycles. The average Bonchev–Trinajstić information content (AvgIpc) is 2.36. The van der Waals surface area contributed by atoms with Crippen molar-refractivity contribution in [1.29, 1.82) is 5.26 Å². The number of hydrogen-bond donors (Lipinski definition) is 2. The quantitative estimate of drug-likeness (QED) is 0.583. The second-order valence-corrected chi connectivity index (χ2v) is 3.78. The van der Waals surface area contributed by atoms with Gasteiger partial charge in [-0.15, -0.1) is 0 Å². The number of nitrogens with zero attached hydrogens (tertiary/aromatic N) is 3. The summed E-state index contributed by atoms with van der Waals surface area (Å²) in [6, 6.07) is 2.99. The summed E-state index contributed by atoms with van der Waals surface area (Å²) in [4.78, 5) is 13.7. The number of aliphatic hydroxyl groups excluding tert-OH is 1. The lowest BCUT2D eigenvalue weighted by atomic mass is 10.2. The van der Waals surface area contributed by atoms with E-state index in [1.807, 2.05) is 13.0 Å². The van der Waals surface area contributed by atoms with Gasteiger partial charge in [0.1, 0.15) is 23.6 Å². The van der Waals surface area contributed by atoms with Crippen LogP contribution < -0.4 is 5.32 Å². The van der Waals surface area contributed by atoms with Crippen LogP contribution in [0.25, 0.3) is 0 Å². The maximum atomic E-state index is 10.5. The van der Waals surface area contributed by atoms with E-state index < -0.39 is 11.0 Å². The van der Waals surface area contributed by atoms with Crippen LogP contribution in [0.5, 0.6) is 0 Å². The van der Waals surface area contributed by atoms with Crippen LogP contribution in [0.15, 0.2) is 12.3 Å². The topological polar surface area (TPSA) is 112 Å². The molecule has 0 amide bonds. The number of rotatable bonds is 6. The lowest BCUT2D eigenvalue weighted by molar-refractivity contribution is -0.385. The Morgan fingerprint density at radius 3 is 3.00 bits per heavy atom. The number of aliphatic hydroxyl groups is 1. The van der Waals surface area contributed by atoms with Gasteiger partial charge < -0.3 is 10.4 Å². The maximum absolute atomic E-state index is 10.5. The third kappa shape index (κ3) is 3.68. The molecule has 0 spiro atoms. The van der Waals surface area contributed by atoms with Crippen LogP contribution in [-0.2, 0) is 0 Å². The molecular formula is C11H14N4O3. The third-order valence-corrected chi connectivity index (χ3v) is 2.33. The fraction of sp³-hybridized carbons (Fsp3) is 0.455. The molecule has 96 valence electrons. The Hall–Kier alpha value is -2.20. The highest BCUT2D eigenvalue weighted by atomic mass is 16.6. The molecule has 1 aromatic rings. The summed E-state index contributed by atoms with van der Waals surface area (Å²) in [5.74, 6) is 0.248. The van der Waals surface area contributed by atoms with Crippen LogP contribution in [0.1, 0.15) is 25.3 Å². The van der Waals surface area contributed by atoms with Gasteiger partial charge in [0.15, 0.2) is 0 Å². The number of pyridine rings is 1. The van der Waals surface area contributed by atoms with Crippen molar-refractivity contribution in [1.82, 2.24) is 4.98 Å². The Bertz CT molecular complexity index is 470. The summed E-state index contributed by atoms with van der Waals surface area (Å²) in [5.41, 5.74) is -0.140. The molecule has 7 nitrogen and oxygen atoms in total. The highest BCUT2D eigenvalue weighted by Crippen LogP contribution is 2.18. The Kier molecular flexibility index (Phi) is 5.02. The predicted molar refractivity (Wildman–Crippen MR) is 65.0 cm³/mol. The summed E-state index contributed by atoms with van der Waals surface area (Å²) >= 11 is 0. The number of nitro groups is 1. The first-order valence-corrected chi connectivity index (χ1v) is 5.55. The van der Waals surface area contributed by atoms with E-state index in [0.717, 1.165) is 18.7 Å². The Balaban J connectivity index is 2.78. The molecule has 0 aromatic carbocycles. The molecule has 1 atom stereocenters. The summed E-state index contributed by atoms with van der Waals surface area (Å²) in [7, 11) is 0. The minimum absolute atomic E-state index is 0.0906. The van der Waals surface area contributed by atoms with E-state index in [9.17, 15) is 15.2 Å². The predicted octanol–water partition coefficient (Wildman–Crippen LogP) is 1.43. The Morgan fingerprint density at radius 1 is 1.72 bits per heavy atom. The summed E-state index contributed by atoms with van der Waals surface area (Å²) in [6.45, 7) is 2.21. The largest absolute Gasteiger partial charge is 0.391 e. The van der Waals surface area contributed by atoms with Gasteiger partial charge in [0.05, 0.1) is 11.0 Å². The van der Waals surface area contributed by atoms with Gasteiger partial charge in [-0.3, -0.25) is 10.1 Å². The van der Waals surface area contributed by atoms with Gasteiger partial charge in [-0.2, -0.15) is 5.26 Å². The molecule has 7 heteroatoms. The van der Waals surface area contributed by atoms with Gasteiger partial charge in [0.25, 0.3) is 5.69 Å². The zero-order chi connectivity index (χ0) is 13.5. The molecule has 0 aliphatic heterocycles. The fourth-order valence-electron chi connectivity index (χ4n) is 1.43. The first-order chi connectivity index (χ1) is 8.58. The van der Waals surface area contributed by atoms with Gasteiger partial charge >= 0.3 is 0 Å². The van der Waals surface area contributed by atoms with Crippen LogP contribution in [0.2, 0.25) is 0 Å². The Labute approximate surface area is 104 Å². The maximum Gasteiger partial charge on any atom is 0.289 e. The van der Waals surface area contributed by atoms with Gasteiger partial charge in [-0.1, -0.05) is 13.3 Å². The highest BCUT2D eigenvalue weighted by molar-refractivity contribution is 5.55. The van der Waals surface area contributed by atoms with E-state index in [1.165, 1.54) is 0 Å². The molecule has 0 aliphatic rings. The van der Waals surface area contributed by atoms with Crippen LogP contribution in [-0.4, -0.2) is 27.7 Å². The molecule has 1 heterocycles. The zero-order valence-electron chi connectivity index (χ0n) is 9.96. The van der Waals surface area contributed by atoms with E-state index in [4.69, 9.17) is 5.26 Å². The second-order valence-electron chi connectivity index (χ2n) is 3.78.